The molecule has 1 heterocycles. The number of aromatic nitrogens is 2. The molecule has 0 amide bonds. The van der Waals surface area contributed by atoms with E-state index in [9.17, 15) is 8.42 Å². The van der Waals surface area contributed by atoms with Crippen LogP contribution in [0.1, 0.15) is 5.69 Å². The summed E-state index contributed by atoms with van der Waals surface area (Å²) in [5.74, 6) is 0. The van der Waals surface area contributed by atoms with Crippen LogP contribution in [0.15, 0.2) is 39.1 Å². The second kappa shape index (κ2) is 4.87. The molecule has 19 heavy (non-hydrogen) atoms. The molecule has 0 saturated carbocycles. The zero-order valence-electron chi connectivity index (χ0n) is 10.5. The summed E-state index contributed by atoms with van der Waals surface area (Å²) in [4.78, 5) is 0.709. The number of anilines is 1. The van der Waals surface area contributed by atoms with E-state index >= 15 is 0 Å². The predicted molar refractivity (Wildman–Crippen MR) is 74.3 cm³/mol. The van der Waals surface area contributed by atoms with Crippen LogP contribution in [0.4, 0.5) is 5.69 Å². The summed E-state index contributed by atoms with van der Waals surface area (Å²) in [6.45, 7) is 1.89. The number of benzene rings is 1. The zero-order valence-corrected chi connectivity index (χ0v) is 12.1. The van der Waals surface area contributed by atoms with E-state index in [4.69, 9.17) is 10.9 Å². The van der Waals surface area contributed by atoms with Gasteiger partial charge in [-0.3, -0.25) is 4.68 Å². The molecule has 0 unspecified atom stereocenters. The van der Waals surface area contributed by atoms with Gasteiger partial charge in [-0.05, 0) is 31.2 Å². The van der Waals surface area contributed by atoms with Crippen molar-refractivity contribution in [3.8, 4) is 0 Å². The summed E-state index contributed by atoms with van der Waals surface area (Å²) < 4.78 is 24.4. The Morgan fingerprint density at radius 3 is 2.47 bits per heavy atom. The topological polar surface area (TPSA) is 104 Å². The third-order valence-electron chi connectivity index (χ3n) is 2.41. The van der Waals surface area contributed by atoms with Gasteiger partial charge in [0.15, 0.2) is 0 Å². The van der Waals surface area contributed by atoms with Crippen molar-refractivity contribution in [3.05, 3.63) is 30.0 Å². The van der Waals surface area contributed by atoms with Crippen LogP contribution in [0.2, 0.25) is 0 Å². The first-order valence-electron chi connectivity index (χ1n) is 5.37. The first-order chi connectivity index (χ1) is 8.75. The second-order valence-electron chi connectivity index (χ2n) is 4.13. The van der Waals surface area contributed by atoms with E-state index in [0.29, 0.717) is 10.6 Å². The van der Waals surface area contributed by atoms with Crippen LogP contribution in [0.5, 0.6) is 0 Å². The van der Waals surface area contributed by atoms with Crippen molar-refractivity contribution in [1.82, 2.24) is 9.78 Å². The third-order valence-corrected chi connectivity index (χ3v) is 4.37. The Bertz CT molecular complexity index is 722. The first-order valence-corrected chi connectivity index (χ1v) is 7.74. The van der Waals surface area contributed by atoms with Crippen LogP contribution in [-0.2, 0) is 17.1 Å². The monoisotopic (exact) mass is 298 g/mol. The van der Waals surface area contributed by atoms with Crippen LogP contribution < -0.4 is 10.9 Å². The lowest BCUT2D eigenvalue weighted by Gasteiger charge is -2.06. The van der Waals surface area contributed by atoms with Gasteiger partial charge in [-0.15, -0.1) is 0 Å². The Labute approximate surface area is 115 Å². The number of nitrogens with zero attached hydrogens (tertiary/aromatic N) is 2. The largest absolute Gasteiger partial charge is 0.399 e. The van der Waals surface area contributed by atoms with Gasteiger partial charge in [-0.2, -0.15) is 5.10 Å². The lowest BCUT2D eigenvalue weighted by molar-refractivity contribution is 0.597. The minimum atomic E-state index is -3.76. The maximum absolute atomic E-state index is 11.4. The van der Waals surface area contributed by atoms with E-state index in [1.54, 1.807) is 10.7 Å². The Balaban J connectivity index is 2.41. The molecular formula is C11H14N4O2S2. The molecule has 0 bridgehead atoms. The number of primary sulfonamides is 1. The molecule has 0 aliphatic carbocycles. The Hall–Kier alpha value is -1.51. The molecular weight excluding hydrogens is 284 g/mol. The normalized spacial score (nSPS) is 11.7. The van der Waals surface area contributed by atoms with E-state index in [1.807, 2.05) is 20.0 Å². The van der Waals surface area contributed by atoms with Crippen molar-refractivity contribution in [2.24, 2.45) is 12.2 Å². The molecule has 1 aromatic carbocycles. The van der Waals surface area contributed by atoms with Gasteiger partial charge < -0.3 is 5.73 Å². The fraction of sp³-hybridized carbons (Fsp3) is 0.182. The van der Waals surface area contributed by atoms with E-state index in [1.165, 1.54) is 23.9 Å². The molecule has 0 saturated heterocycles. The van der Waals surface area contributed by atoms with Crippen molar-refractivity contribution in [1.29, 1.82) is 0 Å². The average Bonchev–Trinajstić information content (AvgIpc) is 2.55. The summed E-state index contributed by atoms with van der Waals surface area (Å²) in [5, 5.41) is 10.2. The van der Waals surface area contributed by atoms with Crippen molar-refractivity contribution in [2.75, 3.05) is 5.73 Å². The number of hydrogen-bond acceptors (Lipinski definition) is 5. The highest BCUT2D eigenvalue weighted by Gasteiger charge is 2.12. The molecule has 4 N–H and O–H groups in total. The van der Waals surface area contributed by atoms with E-state index < -0.39 is 10.0 Å². The standard InChI is InChI=1S/C11H14N4O2S2/c1-7-3-11(15(2)14-7)18-9-4-8(12)5-10(6-9)19(13,16)17/h3-6H,12H2,1-2H3,(H2,13,16,17). The molecule has 6 nitrogen and oxygen atoms in total. The van der Waals surface area contributed by atoms with Gasteiger partial charge in [0.05, 0.1) is 15.6 Å². The molecule has 0 aliphatic rings. The number of aryl methyl sites for hydroxylation is 2. The molecule has 0 fully saturated rings. The van der Waals surface area contributed by atoms with Crippen molar-refractivity contribution in [3.63, 3.8) is 0 Å². The summed E-state index contributed by atoms with van der Waals surface area (Å²) in [5.41, 5.74) is 6.94. The third kappa shape index (κ3) is 3.28. The minimum absolute atomic E-state index is 0.00823. The highest BCUT2D eigenvalue weighted by atomic mass is 32.2. The van der Waals surface area contributed by atoms with Gasteiger partial charge in [0.25, 0.3) is 0 Å². The lowest BCUT2D eigenvalue weighted by atomic mass is 10.3. The number of nitrogen functional groups attached to an aromatic ring is 1. The number of hydrogen-bond donors (Lipinski definition) is 2. The van der Waals surface area contributed by atoms with Gasteiger partial charge in [0, 0.05) is 17.6 Å². The Morgan fingerprint density at radius 2 is 1.95 bits per heavy atom. The fourth-order valence-corrected chi connectivity index (χ4v) is 3.31. The smallest absolute Gasteiger partial charge is 0.238 e. The van der Waals surface area contributed by atoms with Gasteiger partial charge in [0.1, 0.15) is 0 Å². The van der Waals surface area contributed by atoms with Gasteiger partial charge in [-0.25, -0.2) is 13.6 Å². The SMILES string of the molecule is Cc1cc(Sc2cc(N)cc(S(N)(=O)=O)c2)n(C)n1. The quantitative estimate of drug-likeness (QED) is 0.826. The summed E-state index contributed by atoms with van der Waals surface area (Å²) in [7, 11) is -1.94. The van der Waals surface area contributed by atoms with Gasteiger partial charge in [-0.1, -0.05) is 11.8 Å². The van der Waals surface area contributed by atoms with Crippen molar-refractivity contribution >= 4 is 27.5 Å². The Morgan fingerprint density at radius 1 is 1.26 bits per heavy atom. The van der Waals surface area contributed by atoms with Crippen molar-refractivity contribution < 1.29 is 8.42 Å². The zero-order chi connectivity index (χ0) is 14.2. The maximum atomic E-state index is 11.4. The highest BCUT2D eigenvalue weighted by Crippen LogP contribution is 2.30. The lowest BCUT2D eigenvalue weighted by Crippen LogP contribution is -2.12. The molecule has 2 aromatic rings. The van der Waals surface area contributed by atoms with E-state index in [2.05, 4.69) is 5.10 Å². The van der Waals surface area contributed by atoms with Crippen molar-refractivity contribution in [2.45, 2.75) is 21.7 Å². The second-order valence-corrected chi connectivity index (χ2v) is 6.79. The summed E-state index contributed by atoms with van der Waals surface area (Å²) in [6, 6.07) is 6.44. The minimum Gasteiger partial charge on any atom is -0.399 e. The molecule has 2 rings (SSSR count). The number of sulfonamides is 1. The molecule has 0 spiro atoms. The highest BCUT2D eigenvalue weighted by molar-refractivity contribution is 7.99. The molecule has 0 radical (unpaired) electrons. The molecule has 0 atom stereocenters. The molecule has 8 heteroatoms. The van der Waals surface area contributed by atoms with E-state index in [-0.39, 0.29) is 4.90 Å². The van der Waals surface area contributed by atoms with Crippen LogP contribution in [-0.4, -0.2) is 18.2 Å². The van der Waals surface area contributed by atoms with E-state index in [0.717, 1.165) is 10.7 Å². The average molecular weight is 298 g/mol. The van der Waals surface area contributed by atoms with Crippen LogP contribution >= 0.6 is 11.8 Å². The predicted octanol–water partition coefficient (Wildman–Crippen LogP) is 1.11. The summed E-state index contributed by atoms with van der Waals surface area (Å²) in [6.07, 6.45) is 0. The van der Waals surface area contributed by atoms with Crippen LogP contribution in [0.25, 0.3) is 0 Å². The van der Waals surface area contributed by atoms with Crippen LogP contribution in [0.3, 0.4) is 0 Å². The summed E-state index contributed by atoms with van der Waals surface area (Å²) >= 11 is 1.38. The molecule has 1 aromatic heterocycles. The van der Waals surface area contributed by atoms with Gasteiger partial charge in [0.2, 0.25) is 10.0 Å². The number of rotatable bonds is 3. The van der Waals surface area contributed by atoms with Crippen LogP contribution in [0, 0.1) is 6.92 Å². The number of nitrogens with two attached hydrogens (primary N) is 2. The Kier molecular flexibility index (Phi) is 3.57. The molecule has 102 valence electrons. The van der Waals surface area contributed by atoms with Gasteiger partial charge >= 0.3 is 0 Å². The molecule has 0 aliphatic heterocycles. The maximum Gasteiger partial charge on any atom is 0.238 e. The fourth-order valence-electron chi connectivity index (χ4n) is 1.62. The first kappa shape index (κ1) is 13.9.